The van der Waals surface area contributed by atoms with Crippen LogP contribution >= 0.6 is 0 Å². The van der Waals surface area contributed by atoms with Crippen LogP contribution in [0.5, 0.6) is 0 Å². The van der Waals surface area contributed by atoms with Crippen LogP contribution in [0.3, 0.4) is 0 Å². The Morgan fingerprint density at radius 2 is 1.47 bits per heavy atom. The number of carbonyl (C=O) groups is 1. The maximum absolute atomic E-state index is 13.6. The molecule has 0 radical (unpaired) electrons. The van der Waals surface area contributed by atoms with E-state index < -0.39 is 5.92 Å². The Morgan fingerprint density at radius 1 is 0.833 bits per heavy atom. The molecule has 0 bridgehead atoms. The maximum Gasteiger partial charge on any atom is 0.253 e. The summed E-state index contributed by atoms with van der Waals surface area (Å²) in [4.78, 5) is 17.3. The number of amides is 1. The molecule has 1 aliphatic rings. The predicted octanol–water partition coefficient (Wildman–Crippen LogP) is 6.90. The number of nitrogens with zero attached hydrogens (tertiary/aromatic N) is 2. The van der Waals surface area contributed by atoms with Gasteiger partial charge in [0.05, 0.1) is 0 Å². The summed E-state index contributed by atoms with van der Waals surface area (Å²) in [7, 11) is 0. The van der Waals surface area contributed by atoms with Gasteiger partial charge in [-0.3, -0.25) is 4.79 Å². The molecule has 4 nitrogen and oxygen atoms in total. The van der Waals surface area contributed by atoms with E-state index in [4.69, 9.17) is 0 Å². The molecule has 1 saturated heterocycles. The molecule has 1 aromatic heterocycles. The van der Waals surface area contributed by atoms with Gasteiger partial charge >= 0.3 is 0 Å². The quantitative estimate of drug-likeness (QED) is 0.342. The topological polar surface area (TPSA) is 59.9 Å². The van der Waals surface area contributed by atoms with Gasteiger partial charge in [0.2, 0.25) is 0 Å². The number of rotatable bonds is 4. The number of hydrogen-bond acceptors (Lipinski definition) is 2. The summed E-state index contributed by atoms with van der Waals surface area (Å²) in [5.41, 5.74) is 5.96. The van der Waals surface area contributed by atoms with Gasteiger partial charge < -0.3 is 9.88 Å². The molecule has 4 aromatic rings. The van der Waals surface area contributed by atoms with Crippen LogP contribution in [0.25, 0.3) is 33.5 Å². The molecule has 5 rings (SSSR count). The van der Waals surface area contributed by atoms with Gasteiger partial charge in [-0.05, 0) is 64.7 Å². The van der Waals surface area contributed by atoms with Crippen LogP contribution in [0.15, 0.2) is 78.9 Å². The summed E-state index contributed by atoms with van der Waals surface area (Å²) < 4.78 is 40.5. The molecule has 0 saturated carbocycles. The molecule has 3 aromatic carbocycles. The van der Waals surface area contributed by atoms with Crippen molar-refractivity contribution in [1.82, 2.24) is 9.88 Å². The van der Waals surface area contributed by atoms with Crippen molar-refractivity contribution in [2.24, 2.45) is 0 Å². The van der Waals surface area contributed by atoms with Crippen molar-refractivity contribution in [1.29, 1.82) is 5.26 Å². The number of aromatic nitrogens is 1. The smallest absolute Gasteiger partial charge is 0.253 e. The minimum Gasteiger partial charge on any atom is -0.346 e. The highest BCUT2D eigenvalue weighted by atomic mass is 19.3. The molecule has 0 spiro atoms. The molecule has 7 heteroatoms. The van der Waals surface area contributed by atoms with E-state index in [1.54, 1.807) is 30.3 Å². The molecular weight excluding hydrogens is 463 g/mol. The van der Waals surface area contributed by atoms with E-state index in [0.29, 0.717) is 11.3 Å². The highest BCUT2D eigenvalue weighted by molar-refractivity contribution is 5.95. The number of nitriles is 1. The summed E-state index contributed by atoms with van der Waals surface area (Å²) in [6, 6.07) is 24.8. The Labute approximate surface area is 206 Å². The fourth-order valence-corrected chi connectivity index (χ4v) is 4.47. The van der Waals surface area contributed by atoms with Crippen LogP contribution in [0.4, 0.5) is 13.2 Å². The number of likely N-dealkylation sites (tertiary alicyclic amines) is 1. The van der Waals surface area contributed by atoms with Gasteiger partial charge in [0, 0.05) is 42.8 Å². The van der Waals surface area contributed by atoms with E-state index in [2.05, 4.69) is 11.1 Å². The van der Waals surface area contributed by atoms with Gasteiger partial charge in [-0.15, -0.1) is 0 Å². The van der Waals surface area contributed by atoms with E-state index in [1.165, 1.54) is 17.0 Å². The van der Waals surface area contributed by atoms with Crippen molar-refractivity contribution in [2.45, 2.75) is 18.8 Å². The highest BCUT2D eigenvalue weighted by Gasteiger charge is 2.35. The van der Waals surface area contributed by atoms with E-state index in [0.717, 1.165) is 33.5 Å². The number of halogens is 3. The van der Waals surface area contributed by atoms with Crippen LogP contribution in [0.2, 0.25) is 0 Å². The van der Waals surface area contributed by atoms with Gasteiger partial charge in [-0.1, -0.05) is 36.4 Å². The minimum absolute atomic E-state index is 0.0440. The molecule has 1 N–H and O–H groups in total. The number of alkyl halides is 2. The summed E-state index contributed by atoms with van der Waals surface area (Å²) in [5.74, 6) is -3.29. The SMILES string of the molecule is N#Cc1ccc(-c2ccc(-c3ccc(C(=O)N4CCC(F)(F)CC4)cc3)cc2-c2ccc(F)cc2)[nH]1. The first kappa shape index (κ1) is 23.4. The Balaban J connectivity index is 1.46. The highest BCUT2D eigenvalue weighted by Crippen LogP contribution is 2.36. The van der Waals surface area contributed by atoms with Crippen LogP contribution in [-0.4, -0.2) is 34.8 Å². The lowest BCUT2D eigenvalue weighted by molar-refractivity contribution is -0.0494. The third-order valence-corrected chi connectivity index (χ3v) is 6.52. The Bertz CT molecular complexity index is 1440. The molecule has 1 fully saturated rings. The molecule has 1 aliphatic heterocycles. The second-order valence-corrected chi connectivity index (χ2v) is 8.89. The normalized spacial score (nSPS) is 14.9. The van der Waals surface area contributed by atoms with E-state index in [9.17, 15) is 23.2 Å². The van der Waals surface area contributed by atoms with Crippen LogP contribution in [-0.2, 0) is 0 Å². The number of aromatic amines is 1. The van der Waals surface area contributed by atoms with Crippen molar-refractivity contribution < 1.29 is 18.0 Å². The largest absolute Gasteiger partial charge is 0.346 e. The van der Waals surface area contributed by atoms with Gasteiger partial charge in [0.25, 0.3) is 11.8 Å². The van der Waals surface area contributed by atoms with E-state index >= 15 is 0 Å². The van der Waals surface area contributed by atoms with Crippen LogP contribution < -0.4 is 0 Å². The number of carbonyl (C=O) groups excluding carboxylic acids is 1. The second kappa shape index (κ2) is 9.38. The van der Waals surface area contributed by atoms with Crippen LogP contribution in [0, 0.1) is 17.1 Å². The zero-order chi connectivity index (χ0) is 25.3. The Kier molecular flexibility index (Phi) is 6.11. The lowest BCUT2D eigenvalue weighted by atomic mass is 9.93. The van der Waals surface area contributed by atoms with Gasteiger partial charge in [-0.2, -0.15) is 5.26 Å². The second-order valence-electron chi connectivity index (χ2n) is 8.89. The van der Waals surface area contributed by atoms with Crippen LogP contribution in [0.1, 0.15) is 28.9 Å². The molecular formula is C29H22F3N3O. The number of nitrogens with one attached hydrogen (secondary N) is 1. The molecule has 0 atom stereocenters. The standard InChI is InChI=1S/C29H22F3N3O/c30-23-8-5-20(6-9-23)26-17-22(7-11-25(26)27-12-10-24(18-33)34-27)19-1-3-21(4-2-19)28(36)35-15-13-29(31,32)14-16-35/h1-12,17,34H,13-16H2. The van der Waals surface area contributed by atoms with Crippen molar-refractivity contribution in [3.8, 4) is 39.6 Å². The first-order valence-corrected chi connectivity index (χ1v) is 11.6. The number of piperidine rings is 1. The number of hydrogen-bond donors (Lipinski definition) is 1. The van der Waals surface area contributed by atoms with E-state index in [1.807, 2.05) is 36.4 Å². The fourth-order valence-electron chi connectivity index (χ4n) is 4.47. The Hall–Kier alpha value is -4.31. The molecule has 36 heavy (non-hydrogen) atoms. The minimum atomic E-state index is -2.70. The summed E-state index contributed by atoms with van der Waals surface area (Å²) in [5, 5.41) is 9.19. The van der Waals surface area contributed by atoms with Gasteiger partial charge in [0.1, 0.15) is 17.6 Å². The van der Waals surface area contributed by atoms with Gasteiger partial charge in [0.15, 0.2) is 0 Å². The lowest BCUT2D eigenvalue weighted by Crippen LogP contribution is -2.42. The lowest BCUT2D eigenvalue weighted by Gasteiger charge is -2.31. The van der Waals surface area contributed by atoms with Gasteiger partial charge in [-0.25, -0.2) is 13.2 Å². The predicted molar refractivity (Wildman–Crippen MR) is 132 cm³/mol. The summed E-state index contributed by atoms with van der Waals surface area (Å²) >= 11 is 0. The number of benzene rings is 3. The Morgan fingerprint density at radius 3 is 2.11 bits per heavy atom. The third-order valence-electron chi connectivity index (χ3n) is 6.52. The average Bonchev–Trinajstić information content (AvgIpc) is 3.38. The molecule has 0 unspecified atom stereocenters. The van der Waals surface area contributed by atoms with Crippen molar-refractivity contribution >= 4 is 5.91 Å². The first-order chi connectivity index (χ1) is 17.3. The monoisotopic (exact) mass is 485 g/mol. The maximum atomic E-state index is 13.6. The molecule has 2 heterocycles. The first-order valence-electron chi connectivity index (χ1n) is 11.6. The fraction of sp³-hybridized carbons (Fsp3) is 0.172. The zero-order valence-electron chi connectivity index (χ0n) is 19.3. The number of H-pyrrole nitrogens is 1. The summed E-state index contributed by atoms with van der Waals surface area (Å²) in [6.07, 6.45) is -0.627. The molecule has 180 valence electrons. The third kappa shape index (κ3) is 4.76. The van der Waals surface area contributed by atoms with Crippen molar-refractivity contribution in [3.05, 3.63) is 95.9 Å². The average molecular weight is 486 g/mol. The zero-order valence-corrected chi connectivity index (χ0v) is 19.3. The van der Waals surface area contributed by atoms with Crippen molar-refractivity contribution in [3.63, 3.8) is 0 Å². The summed E-state index contributed by atoms with van der Waals surface area (Å²) in [6.45, 7) is 0.0880. The molecule has 0 aliphatic carbocycles. The van der Waals surface area contributed by atoms with Crippen molar-refractivity contribution in [2.75, 3.05) is 13.1 Å². The molecule has 1 amide bonds. The van der Waals surface area contributed by atoms with E-state index in [-0.39, 0.29) is 37.7 Å².